The van der Waals surface area contributed by atoms with Gasteiger partial charge in [-0.1, -0.05) is 11.6 Å². The van der Waals surface area contributed by atoms with E-state index in [1.165, 1.54) is 6.20 Å². The number of carbonyl (C=O) groups excluding carboxylic acids is 1. The zero-order valence-corrected chi connectivity index (χ0v) is 15.9. The van der Waals surface area contributed by atoms with Crippen molar-refractivity contribution in [3.8, 4) is 0 Å². The number of amides is 1. The molecule has 4 rings (SSSR count). The van der Waals surface area contributed by atoms with Crippen molar-refractivity contribution >= 4 is 40.2 Å². The van der Waals surface area contributed by atoms with Crippen molar-refractivity contribution in [1.29, 1.82) is 0 Å². The first-order chi connectivity index (χ1) is 13.0. The molecule has 0 aliphatic carbocycles. The molecular weight excluding hydrogens is 366 g/mol. The van der Waals surface area contributed by atoms with Crippen molar-refractivity contribution in [3.05, 3.63) is 35.4 Å². The molecule has 0 bridgehead atoms. The average Bonchev–Trinajstić information content (AvgIpc) is 3.04. The summed E-state index contributed by atoms with van der Waals surface area (Å²) in [6, 6.07) is 3.41. The Kier molecular flexibility index (Phi) is 4.65. The number of nitrogens with one attached hydrogen (secondary N) is 1. The molecule has 4 heterocycles. The van der Waals surface area contributed by atoms with Crippen LogP contribution in [0.4, 0.5) is 11.6 Å². The average molecular weight is 386 g/mol. The van der Waals surface area contributed by atoms with Crippen LogP contribution < -0.4 is 10.2 Å². The van der Waals surface area contributed by atoms with Crippen molar-refractivity contribution in [2.24, 2.45) is 13.0 Å². The third-order valence-electron chi connectivity index (χ3n) is 4.75. The monoisotopic (exact) mass is 385 g/mol. The molecule has 9 heteroatoms. The molecule has 3 aromatic heterocycles. The maximum atomic E-state index is 12.7. The molecule has 0 radical (unpaired) electrons. The fraction of sp³-hybridized carbons (Fsp3) is 0.389. The van der Waals surface area contributed by atoms with Gasteiger partial charge in [0.2, 0.25) is 5.91 Å². The van der Waals surface area contributed by atoms with Crippen LogP contribution in [0.2, 0.25) is 5.02 Å². The Labute approximate surface area is 161 Å². The normalized spacial score (nSPS) is 17.3. The molecule has 1 amide bonds. The second-order valence-electron chi connectivity index (χ2n) is 6.74. The van der Waals surface area contributed by atoms with Crippen LogP contribution >= 0.6 is 11.6 Å². The van der Waals surface area contributed by atoms with Gasteiger partial charge in [-0.15, -0.1) is 0 Å². The van der Waals surface area contributed by atoms with E-state index in [4.69, 9.17) is 11.6 Å². The van der Waals surface area contributed by atoms with Crippen molar-refractivity contribution in [2.75, 3.05) is 23.3 Å². The Morgan fingerprint density at radius 2 is 2.15 bits per heavy atom. The third-order valence-corrected chi connectivity index (χ3v) is 4.98. The summed E-state index contributed by atoms with van der Waals surface area (Å²) in [5.41, 5.74) is 0.800. The lowest BCUT2D eigenvalue weighted by Crippen LogP contribution is -2.41. The molecule has 140 valence electrons. The van der Waals surface area contributed by atoms with Gasteiger partial charge in [-0.3, -0.25) is 9.48 Å². The number of anilines is 2. The third kappa shape index (κ3) is 3.57. The number of rotatable bonds is 3. The number of aromatic nitrogens is 5. The predicted octanol–water partition coefficient (Wildman–Crippen LogP) is 2.58. The summed E-state index contributed by atoms with van der Waals surface area (Å²) in [6.45, 7) is 3.32. The van der Waals surface area contributed by atoms with Gasteiger partial charge < -0.3 is 10.2 Å². The molecule has 1 atom stereocenters. The van der Waals surface area contributed by atoms with Crippen LogP contribution in [0.15, 0.2) is 24.5 Å². The lowest BCUT2D eigenvalue weighted by molar-refractivity contribution is -0.120. The second-order valence-corrected chi connectivity index (χ2v) is 7.17. The van der Waals surface area contributed by atoms with E-state index in [0.29, 0.717) is 23.2 Å². The van der Waals surface area contributed by atoms with E-state index >= 15 is 0 Å². The molecule has 1 aliphatic heterocycles. The van der Waals surface area contributed by atoms with Gasteiger partial charge in [0.1, 0.15) is 17.5 Å². The van der Waals surface area contributed by atoms with Gasteiger partial charge in [0.15, 0.2) is 5.65 Å². The molecule has 1 aliphatic rings. The van der Waals surface area contributed by atoms with Crippen LogP contribution in [0.3, 0.4) is 0 Å². The Morgan fingerprint density at radius 1 is 1.30 bits per heavy atom. The van der Waals surface area contributed by atoms with Crippen molar-refractivity contribution < 1.29 is 4.79 Å². The van der Waals surface area contributed by atoms with E-state index in [-0.39, 0.29) is 11.8 Å². The number of halogens is 1. The van der Waals surface area contributed by atoms with Crippen LogP contribution in [-0.4, -0.2) is 43.7 Å². The quantitative estimate of drug-likeness (QED) is 0.745. The van der Waals surface area contributed by atoms with Crippen LogP contribution in [0.25, 0.3) is 11.0 Å². The topological polar surface area (TPSA) is 88.8 Å². The van der Waals surface area contributed by atoms with Gasteiger partial charge in [-0.25, -0.2) is 15.0 Å². The zero-order chi connectivity index (χ0) is 19.0. The van der Waals surface area contributed by atoms with E-state index in [9.17, 15) is 4.79 Å². The molecule has 0 spiro atoms. The number of nitrogens with zero attached hydrogens (tertiary/aromatic N) is 6. The molecule has 1 fully saturated rings. The van der Waals surface area contributed by atoms with E-state index in [1.54, 1.807) is 23.0 Å². The predicted molar refractivity (Wildman–Crippen MR) is 104 cm³/mol. The fourth-order valence-corrected chi connectivity index (χ4v) is 3.53. The number of piperidine rings is 1. The van der Waals surface area contributed by atoms with Crippen molar-refractivity contribution in [3.63, 3.8) is 0 Å². The number of fused-ring (bicyclic) bond motifs is 1. The smallest absolute Gasteiger partial charge is 0.230 e. The maximum Gasteiger partial charge on any atom is 0.230 e. The lowest BCUT2D eigenvalue weighted by atomic mass is 9.97. The van der Waals surface area contributed by atoms with E-state index in [2.05, 4.69) is 30.3 Å². The number of pyridine rings is 1. The molecule has 1 N–H and O–H groups in total. The molecular formula is C18H20ClN7O. The minimum Gasteiger partial charge on any atom is -0.355 e. The molecule has 27 heavy (non-hydrogen) atoms. The summed E-state index contributed by atoms with van der Waals surface area (Å²) in [6.07, 6.45) is 5.05. The number of carbonyl (C=O) groups is 1. The standard InChI is InChI=1S/C18H20ClN7O/c1-11-22-16-14(9-21-25(16)2)17(23-11)26-7-3-4-12(10-26)18(27)24-15-6-5-13(19)8-20-15/h5-6,8-9,12H,3-4,7,10H2,1-2H3,(H,20,24,27)/t12-/m1/s1. The Balaban J connectivity index is 1.54. The minimum absolute atomic E-state index is 0.0391. The summed E-state index contributed by atoms with van der Waals surface area (Å²) in [5, 5.41) is 8.62. The molecule has 0 saturated carbocycles. The second kappa shape index (κ2) is 7.11. The first-order valence-electron chi connectivity index (χ1n) is 8.85. The van der Waals surface area contributed by atoms with Crippen LogP contribution in [0.1, 0.15) is 18.7 Å². The van der Waals surface area contributed by atoms with E-state index in [0.717, 1.165) is 36.2 Å². The number of hydrogen-bond donors (Lipinski definition) is 1. The summed E-state index contributed by atoms with van der Waals surface area (Å²) < 4.78 is 1.74. The molecule has 8 nitrogen and oxygen atoms in total. The van der Waals surface area contributed by atoms with Gasteiger partial charge in [0.25, 0.3) is 0 Å². The first-order valence-corrected chi connectivity index (χ1v) is 9.23. The largest absolute Gasteiger partial charge is 0.355 e. The highest BCUT2D eigenvalue weighted by Crippen LogP contribution is 2.28. The maximum absolute atomic E-state index is 12.7. The molecule has 0 aromatic carbocycles. The number of aryl methyl sites for hydroxylation is 2. The molecule has 0 unspecified atom stereocenters. The van der Waals surface area contributed by atoms with Gasteiger partial charge in [0.05, 0.1) is 22.5 Å². The van der Waals surface area contributed by atoms with Gasteiger partial charge in [0, 0.05) is 26.3 Å². The van der Waals surface area contributed by atoms with Crippen LogP contribution in [-0.2, 0) is 11.8 Å². The zero-order valence-electron chi connectivity index (χ0n) is 15.2. The SMILES string of the molecule is Cc1nc(N2CCC[C@@H](C(=O)Nc3ccc(Cl)cn3)C2)c2cnn(C)c2n1. The number of hydrogen-bond acceptors (Lipinski definition) is 6. The van der Waals surface area contributed by atoms with E-state index in [1.807, 2.05) is 14.0 Å². The summed E-state index contributed by atoms with van der Waals surface area (Å²) in [7, 11) is 1.87. The Bertz CT molecular complexity index is 985. The molecule has 1 saturated heterocycles. The van der Waals surface area contributed by atoms with Crippen molar-refractivity contribution in [2.45, 2.75) is 19.8 Å². The fourth-order valence-electron chi connectivity index (χ4n) is 3.42. The summed E-state index contributed by atoms with van der Waals surface area (Å²) in [5.74, 6) is 1.86. The summed E-state index contributed by atoms with van der Waals surface area (Å²) >= 11 is 5.85. The van der Waals surface area contributed by atoms with Gasteiger partial charge >= 0.3 is 0 Å². The first kappa shape index (κ1) is 17.7. The molecule has 3 aromatic rings. The highest BCUT2D eigenvalue weighted by molar-refractivity contribution is 6.30. The van der Waals surface area contributed by atoms with E-state index < -0.39 is 0 Å². The minimum atomic E-state index is -0.141. The van der Waals surface area contributed by atoms with Gasteiger partial charge in [-0.05, 0) is 31.9 Å². The lowest BCUT2D eigenvalue weighted by Gasteiger charge is -2.33. The summed E-state index contributed by atoms with van der Waals surface area (Å²) in [4.78, 5) is 28.1. The Morgan fingerprint density at radius 3 is 2.93 bits per heavy atom. The van der Waals surface area contributed by atoms with Gasteiger partial charge in [-0.2, -0.15) is 5.10 Å². The Hall–Kier alpha value is -2.74. The van der Waals surface area contributed by atoms with Crippen LogP contribution in [0.5, 0.6) is 0 Å². The van der Waals surface area contributed by atoms with Crippen LogP contribution in [0, 0.1) is 12.8 Å². The van der Waals surface area contributed by atoms with Crippen molar-refractivity contribution in [1.82, 2.24) is 24.7 Å². The highest BCUT2D eigenvalue weighted by atomic mass is 35.5. The highest BCUT2D eigenvalue weighted by Gasteiger charge is 2.28.